The number of hydrogen-bond donors (Lipinski definition) is 5. The number of imidazole rings is 1. The first-order chi connectivity index (χ1) is 15.0. The summed E-state index contributed by atoms with van der Waals surface area (Å²) in [5, 5.41) is 21.1. The van der Waals surface area contributed by atoms with E-state index in [9.17, 15) is 9.90 Å². The van der Waals surface area contributed by atoms with E-state index >= 15 is 0 Å². The van der Waals surface area contributed by atoms with E-state index in [1.165, 1.54) is 0 Å². The summed E-state index contributed by atoms with van der Waals surface area (Å²) in [6, 6.07) is 15.2. The van der Waals surface area contributed by atoms with Gasteiger partial charge in [0, 0.05) is 11.9 Å². The Morgan fingerprint density at radius 2 is 2.00 bits per heavy atom. The molecule has 0 aliphatic carbocycles. The Kier molecular flexibility index (Phi) is 5.68. The van der Waals surface area contributed by atoms with Crippen molar-refractivity contribution in [3.63, 3.8) is 0 Å². The van der Waals surface area contributed by atoms with E-state index in [-0.39, 0.29) is 18.2 Å². The predicted molar refractivity (Wildman–Crippen MR) is 124 cm³/mol. The van der Waals surface area contributed by atoms with Crippen LogP contribution in [0.15, 0.2) is 59.5 Å². The third-order valence-corrected chi connectivity index (χ3v) is 5.31. The van der Waals surface area contributed by atoms with Gasteiger partial charge in [0.05, 0.1) is 29.4 Å². The van der Waals surface area contributed by atoms with Crippen LogP contribution in [0.4, 0.5) is 5.69 Å². The Labute approximate surface area is 179 Å². The SMILES string of the molecule is CC(=N)c1cc(C)c2nc(-c3c(N[C@H](CO)Cc4ccccc4)cc[nH]c3=O)[nH]c2c1. The van der Waals surface area contributed by atoms with Crippen LogP contribution in [-0.2, 0) is 6.42 Å². The van der Waals surface area contributed by atoms with E-state index < -0.39 is 0 Å². The maximum atomic E-state index is 12.8. The molecule has 0 saturated heterocycles. The fourth-order valence-electron chi connectivity index (χ4n) is 3.74. The number of fused-ring (bicyclic) bond motifs is 1. The number of nitrogens with one attached hydrogen (secondary N) is 4. The van der Waals surface area contributed by atoms with Crippen molar-refractivity contribution < 1.29 is 5.11 Å². The van der Waals surface area contributed by atoms with Gasteiger partial charge in [-0.3, -0.25) is 4.79 Å². The molecule has 31 heavy (non-hydrogen) atoms. The van der Waals surface area contributed by atoms with Crippen LogP contribution in [-0.4, -0.2) is 38.4 Å². The third kappa shape index (κ3) is 4.27. The molecule has 4 aromatic rings. The van der Waals surface area contributed by atoms with Crippen LogP contribution in [0.2, 0.25) is 0 Å². The molecule has 2 aromatic carbocycles. The zero-order chi connectivity index (χ0) is 22.0. The molecule has 0 spiro atoms. The van der Waals surface area contributed by atoms with E-state index in [2.05, 4.69) is 20.3 Å². The molecule has 0 bridgehead atoms. The first-order valence-electron chi connectivity index (χ1n) is 10.2. The second kappa shape index (κ2) is 8.57. The first kappa shape index (κ1) is 20.6. The van der Waals surface area contributed by atoms with Crippen molar-refractivity contribution in [2.24, 2.45) is 0 Å². The quantitative estimate of drug-likeness (QED) is 0.296. The maximum absolute atomic E-state index is 12.8. The largest absolute Gasteiger partial charge is 0.394 e. The Morgan fingerprint density at radius 1 is 1.23 bits per heavy atom. The molecular formula is C24H25N5O2. The van der Waals surface area contributed by atoms with Gasteiger partial charge in [-0.05, 0) is 55.2 Å². The lowest BCUT2D eigenvalue weighted by Crippen LogP contribution is -2.28. The van der Waals surface area contributed by atoms with Crippen molar-refractivity contribution in [1.82, 2.24) is 15.0 Å². The summed E-state index contributed by atoms with van der Waals surface area (Å²) >= 11 is 0. The fourth-order valence-corrected chi connectivity index (χ4v) is 3.74. The number of aromatic nitrogens is 3. The minimum absolute atomic E-state index is 0.0810. The molecule has 2 aromatic heterocycles. The normalized spacial score (nSPS) is 12.1. The van der Waals surface area contributed by atoms with E-state index in [0.29, 0.717) is 29.2 Å². The van der Waals surface area contributed by atoms with Crippen LogP contribution in [0.1, 0.15) is 23.6 Å². The number of anilines is 1. The number of rotatable bonds is 7. The number of aliphatic hydroxyl groups is 1. The molecule has 0 unspecified atom stereocenters. The van der Waals surface area contributed by atoms with Crippen molar-refractivity contribution >= 4 is 22.4 Å². The molecule has 158 valence electrons. The topological polar surface area (TPSA) is 118 Å². The van der Waals surface area contributed by atoms with Gasteiger partial charge >= 0.3 is 0 Å². The van der Waals surface area contributed by atoms with Crippen LogP contribution in [0.5, 0.6) is 0 Å². The minimum Gasteiger partial charge on any atom is -0.394 e. The number of aromatic amines is 2. The van der Waals surface area contributed by atoms with Gasteiger partial charge in [-0.2, -0.15) is 0 Å². The van der Waals surface area contributed by atoms with Crippen molar-refractivity contribution in [2.45, 2.75) is 26.3 Å². The van der Waals surface area contributed by atoms with Gasteiger partial charge in [-0.15, -0.1) is 0 Å². The highest BCUT2D eigenvalue weighted by atomic mass is 16.3. The molecule has 1 atom stereocenters. The molecule has 7 heteroatoms. The van der Waals surface area contributed by atoms with Gasteiger partial charge in [0.15, 0.2) is 0 Å². The van der Waals surface area contributed by atoms with E-state index in [0.717, 1.165) is 27.7 Å². The lowest BCUT2D eigenvalue weighted by Gasteiger charge is -2.19. The van der Waals surface area contributed by atoms with Crippen LogP contribution in [0, 0.1) is 12.3 Å². The molecule has 0 radical (unpaired) electrons. The molecule has 0 fully saturated rings. The minimum atomic E-state index is -0.276. The number of H-pyrrole nitrogens is 2. The molecule has 0 aliphatic rings. The van der Waals surface area contributed by atoms with Gasteiger partial charge in [-0.25, -0.2) is 4.98 Å². The van der Waals surface area contributed by atoms with Crippen molar-refractivity contribution in [2.75, 3.05) is 11.9 Å². The smallest absolute Gasteiger partial charge is 0.261 e. The third-order valence-electron chi connectivity index (χ3n) is 5.31. The summed E-state index contributed by atoms with van der Waals surface area (Å²) in [4.78, 5) is 23.4. The van der Waals surface area contributed by atoms with Crippen LogP contribution in [0.3, 0.4) is 0 Å². The van der Waals surface area contributed by atoms with Crippen molar-refractivity contribution in [3.8, 4) is 11.4 Å². The van der Waals surface area contributed by atoms with Gasteiger partial charge in [-0.1, -0.05) is 30.3 Å². The summed E-state index contributed by atoms with van der Waals surface area (Å²) in [5.41, 5.74) is 5.54. The van der Waals surface area contributed by atoms with Gasteiger partial charge in [0.25, 0.3) is 5.56 Å². The van der Waals surface area contributed by atoms with E-state index in [1.807, 2.05) is 49.4 Å². The number of hydrogen-bond acceptors (Lipinski definition) is 5. The predicted octanol–water partition coefficient (Wildman–Crippen LogP) is 3.63. The second-order valence-electron chi connectivity index (χ2n) is 7.71. The van der Waals surface area contributed by atoms with E-state index in [4.69, 9.17) is 5.41 Å². The molecule has 0 saturated carbocycles. The highest BCUT2D eigenvalue weighted by Crippen LogP contribution is 2.27. The molecule has 4 rings (SSSR count). The zero-order valence-electron chi connectivity index (χ0n) is 17.5. The highest BCUT2D eigenvalue weighted by Gasteiger charge is 2.18. The number of benzene rings is 2. The molecule has 7 nitrogen and oxygen atoms in total. The summed E-state index contributed by atoms with van der Waals surface area (Å²) in [6.07, 6.45) is 2.19. The fraction of sp³-hybridized carbons (Fsp3) is 0.208. The molecular weight excluding hydrogens is 390 g/mol. The Balaban J connectivity index is 1.73. The summed E-state index contributed by atoms with van der Waals surface area (Å²) in [7, 11) is 0. The summed E-state index contributed by atoms with van der Waals surface area (Å²) in [5.74, 6) is 0.443. The molecule has 2 heterocycles. The standard InChI is InChI=1S/C24H25N5O2/c1-14-10-17(15(2)25)12-20-22(14)29-23(28-20)21-19(8-9-26-24(21)31)27-18(13-30)11-16-6-4-3-5-7-16/h3-10,12,18,25,30H,11,13H2,1-2H3,(H,28,29)(H2,26,27,31)/t18-/m0/s1. The average molecular weight is 415 g/mol. The Hall–Kier alpha value is -3.71. The van der Waals surface area contributed by atoms with Crippen molar-refractivity contribution in [1.29, 1.82) is 5.41 Å². The molecule has 5 N–H and O–H groups in total. The van der Waals surface area contributed by atoms with Gasteiger partial charge in [0.1, 0.15) is 11.4 Å². The lowest BCUT2D eigenvalue weighted by atomic mass is 10.1. The number of aryl methyl sites for hydroxylation is 1. The first-order valence-corrected chi connectivity index (χ1v) is 10.2. The summed E-state index contributed by atoms with van der Waals surface area (Å²) < 4.78 is 0. The van der Waals surface area contributed by atoms with Crippen LogP contribution in [0.25, 0.3) is 22.4 Å². The monoisotopic (exact) mass is 415 g/mol. The Bertz CT molecular complexity index is 1290. The second-order valence-corrected chi connectivity index (χ2v) is 7.71. The number of aliphatic hydroxyl groups excluding tert-OH is 1. The molecule has 0 amide bonds. The summed E-state index contributed by atoms with van der Waals surface area (Å²) in [6.45, 7) is 3.60. The number of pyridine rings is 1. The zero-order valence-corrected chi connectivity index (χ0v) is 17.5. The van der Waals surface area contributed by atoms with E-state index in [1.54, 1.807) is 19.2 Å². The highest BCUT2D eigenvalue weighted by molar-refractivity contribution is 6.00. The lowest BCUT2D eigenvalue weighted by molar-refractivity contribution is 0.274. The maximum Gasteiger partial charge on any atom is 0.261 e. The van der Waals surface area contributed by atoms with Crippen molar-refractivity contribution in [3.05, 3.63) is 81.8 Å². The van der Waals surface area contributed by atoms with Crippen LogP contribution >= 0.6 is 0 Å². The molecule has 0 aliphatic heterocycles. The van der Waals surface area contributed by atoms with Gasteiger partial charge < -0.3 is 25.8 Å². The average Bonchev–Trinajstić information content (AvgIpc) is 3.18. The van der Waals surface area contributed by atoms with Crippen LogP contribution < -0.4 is 10.9 Å². The number of nitrogens with zero attached hydrogens (tertiary/aromatic N) is 1. The van der Waals surface area contributed by atoms with Gasteiger partial charge in [0.2, 0.25) is 0 Å². The Morgan fingerprint density at radius 3 is 2.71 bits per heavy atom.